The van der Waals surface area contributed by atoms with E-state index in [2.05, 4.69) is 15.6 Å². The van der Waals surface area contributed by atoms with Gasteiger partial charge in [-0.05, 0) is 34.6 Å². The molecule has 2 heterocycles. The van der Waals surface area contributed by atoms with Gasteiger partial charge in [0.2, 0.25) is 5.91 Å². The molecule has 1 amide bonds. The van der Waals surface area contributed by atoms with Gasteiger partial charge in [-0.3, -0.25) is 19.2 Å². The third-order valence-electron chi connectivity index (χ3n) is 6.14. The number of phenolic OH excluding ortho intramolecular Hbond substituents is 2. The summed E-state index contributed by atoms with van der Waals surface area (Å²) in [5, 5.41) is 28.9. The first-order chi connectivity index (χ1) is 16.4. The SMILES string of the molecule is CC(=O)c1c(O)c(C)c(O)c2c1OC1=CC(=O)/C(=C(/C)NCC(=O)Nc3nc(C)cs3)C(=O)[C@]12C. The molecule has 1 atom stereocenters. The summed E-state index contributed by atoms with van der Waals surface area (Å²) < 4.78 is 5.72. The number of aryl methyl sites for hydroxylation is 1. The highest BCUT2D eigenvalue weighted by Crippen LogP contribution is 2.57. The third-order valence-corrected chi connectivity index (χ3v) is 7.01. The number of ether oxygens (including phenoxy) is 1. The van der Waals surface area contributed by atoms with Gasteiger partial charge in [0.1, 0.15) is 34.0 Å². The van der Waals surface area contributed by atoms with Gasteiger partial charge in [-0.15, -0.1) is 11.3 Å². The lowest BCUT2D eigenvalue weighted by atomic mass is 9.70. The summed E-state index contributed by atoms with van der Waals surface area (Å²) in [6.45, 7) is 7.18. The summed E-state index contributed by atoms with van der Waals surface area (Å²) in [5.41, 5.74) is -1.05. The Kier molecular flexibility index (Phi) is 5.76. The number of fused-ring (bicyclic) bond motifs is 3. The Morgan fingerprint density at radius 3 is 2.46 bits per heavy atom. The number of amides is 1. The first-order valence-electron chi connectivity index (χ1n) is 10.6. The molecule has 2 aliphatic rings. The lowest BCUT2D eigenvalue weighted by molar-refractivity contribution is -0.124. The number of benzene rings is 1. The molecule has 0 unspecified atom stereocenters. The molecule has 0 spiro atoms. The highest BCUT2D eigenvalue weighted by atomic mass is 32.1. The van der Waals surface area contributed by atoms with Crippen molar-refractivity contribution in [1.29, 1.82) is 0 Å². The Bertz CT molecular complexity index is 1400. The van der Waals surface area contributed by atoms with Crippen LogP contribution in [0, 0.1) is 13.8 Å². The van der Waals surface area contributed by atoms with Crippen LogP contribution in [0.2, 0.25) is 0 Å². The van der Waals surface area contributed by atoms with Crippen molar-refractivity contribution in [3.8, 4) is 17.2 Å². The molecular weight excluding hydrogens is 474 g/mol. The van der Waals surface area contributed by atoms with Crippen LogP contribution in [0.3, 0.4) is 0 Å². The van der Waals surface area contributed by atoms with E-state index in [0.717, 1.165) is 11.8 Å². The number of thiazole rings is 1. The van der Waals surface area contributed by atoms with E-state index >= 15 is 0 Å². The van der Waals surface area contributed by atoms with Gasteiger partial charge in [0, 0.05) is 22.7 Å². The predicted octanol–water partition coefficient (Wildman–Crippen LogP) is 2.56. The number of aromatic nitrogens is 1. The minimum absolute atomic E-state index is 0.00364. The number of anilines is 1. The molecule has 35 heavy (non-hydrogen) atoms. The van der Waals surface area contributed by atoms with E-state index < -0.39 is 40.2 Å². The smallest absolute Gasteiger partial charge is 0.245 e. The molecule has 182 valence electrons. The van der Waals surface area contributed by atoms with Gasteiger partial charge < -0.3 is 25.6 Å². The fourth-order valence-electron chi connectivity index (χ4n) is 4.24. The first kappa shape index (κ1) is 24.1. The Morgan fingerprint density at radius 2 is 1.86 bits per heavy atom. The molecule has 1 aliphatic heterocycles. The maximum atomic E-state index is 13.7. The van der Waals surface area contributed by atoms with Crippen LogP contribution in [0.15, 0.2) is 28.5 Å². The Hall–Kier alpha value is -3.99. The fraction of sp³-hybridized carbons (Fsp3) is 0.292. The summed E-state index contributed by atoms with van der Waals surface area (Å²) in [5.74, 6) is -3.34. The molecule has 0 saturated carbocycles. The number of phenols is 2. The van der Waals surface area contributed by atoms with Crippen molar-refractivity contribution in [2.75, 3.05) is 11.9 Å². The molecular formula is C24H23N3O7S. The number of allylic oxidation sites excluding steroid dienone is 4. The second kappa shape index (κ2) is 8.35. The van der Waals surface area contributed by atoms with Crippen molar-refractivity contribution >= 4 is 39.7 Å². The lowest BCUT2D eigenvalue weighted by Crippen LogP contribution is -2.41. The number of aromatic hydroxyl groups is 2. The number of hydrogen-bond acceptors (Lipinski definition) is 10. The molecule has 1 aromatic heterocycles. The molecule has 10 nitrogen and oxygen atoms in total. The number of nitrogens with one attached hydrogen (secondary N) is 2. The number of hydrogen-bond donors (Lipinski definition) is 4. The van der Waals surface area contributed by atoms with E-state index in [9.17, 15) is 29.4 Å². The van der Waals surface area contributed by atoms with E-state index in [1.807, 2.05) is 0 Å². The number of carbonyl (C=O) groups is 4. The number of ketones is 3. The molecule has 0 bridgehead atoms. The molecule has 2 aromatic rings. The standard InChI is InChI=1S/C24H23N3O7S/c1-9-8-35-23(26-9)27-15(30)7-25-11(3)16-13(29)6-14-24(5,22(16)33)18-20(32)10(2)19(31)17(12(4)28)21(18)34-14/h6,8,25,31-32H,7H2,1-5H3,(H,26,27,30)/b16-11+/t24-/m1/s1. The van der Waals surface area contributed by atoms with Gasteiger partial charge in [-0.2, -0.15) is 0 Å². The van der Waals surface area contributed by atoms with E-state index in [1.54, 1.807) is 12.3 Å². The van der Waals surface area contributed by atoms with Crippen LogP contribution in [0.4, 0.5) is 5.13 Å². The Morgan fingerprint density at radius 1 is 1.17 bits per heavy atom. The highest BCUT2D eigenvalue weighted by molar-refractivity contribution is 7.13. The predicted molar refractivity (Wildman–Crippen MR) is 127 cm³/mol. The maximum absolute atomic E-state index is 13.7. The summed E-state index contributed by atoms with van der Waals surface area (Å²) in [4.78, 5) is 55.3. The third kappa shape index (κ3) is 3.68. The average Bonchev–Trinajstić information content (AvgIpc) is 3.31. The van der Waals surface area contributed by atoms with Gasteiger partial charge in [0.15, 0.2) is 22.5 Å². The largest absolute Gasteiger partial charge is 0.507 e. The Labute approximate surface area is 204 Å². The van der Waals surface area contributed by atoms with Crippen molar-refractivity contribution in [2.45, 2.75) is 40.0 Å². The monoisotopic (exact) mass is 497 g/mol. The zero-order valence-corrected chi connectivity index (χ0v) is 20.5. The number of carbonyl (C=O) groups excluding carboxylic acids is 4. The van der Waals surface area contributed by atoms with Crippen molar-refractivity contribution in [3.63, 3.8) is 0 Å². The van der Waals surface area contributed by atoms with Crippen molar-refractivity contribution in [2.24, 2.45) is 0 Å². The minimum Gasteiger partial charge on any atom is -0.507 e. The van der Waals surface area contributed by atoms with Crippen LogP contribution >= 0.6 is 11.3 Å². The van der Waals surface area contributed by atoms with E-state index in [4.69, 9.17) is 4.74 Å². The van der Waals surface area contributed by atoms with Crippen molar-refractivity contribution < 1.29 is 34.1 Å². The lowest BCUT2D eigenvalue weighted by Gasteiger charge is -2.29. The molecule has 1 aliphatic carbocycles. The normalized spacial score (nSPS) is 20.0. The number of nitrogens with zero attached hydrogens (tertiary/aromatic N) is 1. The maximum Gasteiger partial charge on any atom is 0.245 e. The molecule has 1 aromatic carbocycles. The van der Waals surface area contributed by atoms with Crippen molar-refractivity contribution in [3.05, 3.63) is 50.9 Å². The fourth-order valence-corrected chi connectivity index (χ4v) is 4.94. The second-order valence-corrected chi connectivity index (χ2v) is 9.44. The zero-order valence-electron chi connectivity index (χ0n) is 19.7. The van der Waals surface area contributed by atoms with Crippen LogP contribution in [0.1, 0.15) is 48.0 Å². The van der Waals surface area contributed by atoms with Gasteiger partial charge in [0.05, 0.1) is 23.4 Å². The topological polar surface area (TPSA) is 155 Å². The first-order valence-corrected chi connectivity index (χ1v) is 11.5. The summed E-state index contributed by atoms with van der Waals surface area (Å²) >= 11 is 1.27. The van der Waals surface area contributed by atoms with E-state index in [1.165, 1.54) is 39.0 Å². The Balaban J connectivity index is 1.71. The summed E-state index contributed by atoms with van der Waals surface area (Å²) in [6, 6.07) is 0. The number of Topliss-reactive ketones (excluding diaryl/α,β-unsaturated/α-hetero) is 2. The average molecular weight is 498 g/mol. The van der Waals surface area contributed by atoms with Gasteiger partial charge in [0.25, 0.3) is 0 Å². The number of rotatable bonds is 5. The minimum atomic E-state index is -1.62. The molecule has 0 radical (unpaired) electrons. The summed E-state index contributed by atoms with van der Waals surface area (Å²) in [6.07, 6.45) is 1.12. The van der Waals surface area contributed by atoms with Crippen LogP contribution in [-0.4, -0.2) is 45.0 Å². The zero-order chi connectivity index (χ0) is 25.8. The second-order valence-electron chi connectivity index (χ2n) is 8.58. The van der Waals surface area contributed by atoms with E-state index in [-0.39, 0.29) is 46.0 Å². The molecule has 0 saturated heterocycles. The van der Waals surface area contributed by atoms with Crippen molar-refractivity contribution in [1.82, 2.24) is 10.3 Å². The molecule has 0 fully saturated rings. The van der Waals surface area contributed by atoms with E-state index in [0.29, 0.717) is 5.13 Å². The quantitative estimate of drug-likeness (QED) is 0.277. The molecule has 4 N–H and O–H groups in total. The van der Waals surface area contributed by atoms with Crippen LogP contribution in [-0.2, 0) is 19.8 Å². The highest BCUT2D eigenvalue weighted by Gasteiger charge is 2.56. The van der Waals surface area contributed by atoms with Gasteiger partial charge in [-0.1, -0.05) is 0 Å². The van der Waals surface area contributed by atoms with Gasteiger partial charge >= 0.3 is 0 Å². The van der Waals surface area contributed by atoms with Crippen LogP contribution in [0.25, 0.3) is 0 Å². The van der Waals surface area contributed by atoms with Crippen LogP contribution < -0.4 is 15.4 Å². The van der Waals surface area contributed by atoms with Crippen LogP contribution in [0.5, 0.6) is 17.2 Å². The summed E-state index contributed by atoms with van der Waals surface area (Å²) in [7, 11) is 0. The molecule has 4 rings (SSSR count). The van der Waals surface area contributed by atoms with Gasteiger partial charge in [-0.25, -0.2) is 4.98 Å². The molecule has 11 heteroatoms.